The number of aliphatic hydroxyl groups excluding tert-OH is 1. The second-order valence-electron chi connectivity index (χ2n) is 4.97. The van der Waals surface area contributed by atoms with E-state index in [0.29, 0.717) is 23.5 Å². The molecule has 96 valence electrons. The van der Waals surface area contributed by atoms with Crippen LogP contribution in [-0.2, 0) is 13.6 Å². The summed E-state index contributed by atoms with van der Waals surface area (Å²) in [5.41, 5.74) is 0.445. The Morgan fingerprint density at radius 1 is 1.56 bits per heavy atom. The SMILES string of the molecule is Cn1ncc2c(=O)n(CC(O)C3CCC3)cnc21. The average Bonchev–Trinajstić information content (AvgIpc) is 2.63. The highest BCUT2D eigenvalue weighted by Gasteiger charge is 2.26. The Morgan fingerprint density at radius 3 is 3.00 bits per heavy atom. The van der Waals surface area contributed by atoms with Crippen molar-refractivity contribution in [3.05, 3.63) is 22.9 Å². The van der Waals surface area contributed by atoms with E-state index in [1.165, 1.54) is 23.5 Å². The summed E-state index contributed by atoms with van der Waals surface area (Å²) in [5.74, 6) is 0.335. The number of aromatic nitrogens is 4. The fourth-order valence-corrected chi connectivity index (χ4v) is 2.37. The van der Waals surface area contributed by atoms with Crippen molar-refractivity contribution >= 4 is 11.0 Å². The van der Waals surface area contributed by atoms with Crippen LogP contribution in [0.25, 0.3) is 11.0 Å². The maximum Gasteiger partial charge on any atom is 0.264 e. The van der Waals surface area contributed by atoms with E-state index in [-0.39, 0.29) is 5.56 Å². The predicted octanol–water partition coefficient (Wildman–Crippen LogP) is 0.291. The minimum absolute atomic E-state index is 0.133. The molecule has 0 amide bonds. The summed E-state index contributed by atoms with van der Waals surface area (Å²) in [6.07, 6.45) is 5.85. The molecule has 1 unspecified atom stereocenters. The van der Waals surface area contributed by atoms with Crippen LogP contribution in [0.3, 0.4) is 0 Å². The fraction of sp³-hybridized carbons (Fsp3) is 0.583. The molecule has 6 nitrogen and oxygen atoms in total. The summed E-state index contributed by atoms with van der Waals surface area (Å²) in [6.45, 7) is 0.321. The first-order valence-electron chi connectivity index (χ1n) is 6.22. The molecule has 6 heteroatoms. The first kappa shape index (κ1) is 11.4. The first-order valence-corrected chi connectivity index (χ1v) is 6.22. The Hall–Kier alpha value is -1.69. The van der Waals surface area contributed by atoms with Crippen LogP contribution < -0.4 is 5.56 Å². The van der Waals surface area contributed by atoms with Crippen LogP contribution >= 0.6 is 0 Å². The van der Waals surface area contributed by atoms with Crippen molar-refractivity contribution in [1.29, 1.82) is 0 Å². The van der Waals surface area contributed by atoms with Crippen molar-refractivity contribution < 1.29 is 5.11 Å². The molecule has 0 bridgehead atoms. The molecule has 1 N–H and O–H groups in total. The molecule has 0 spiro atoms. The van der Waals surface area contributed by atoms with Gasteiger partial charge in [0.25, 0.3) is 5.56 Å². The fourth-order valence-electron chi connectivity index (χ4n) is 2.37. The van der Waals surface area contributed by atoms with Gasteiger partial charge in [-0.25, -0.2) is 4.98 Å². The predicted molar refractivity (Wildman–Crippen MR) is 66.1 cm³/mol. The number of aliphatic hydroxyl groups is 1. The first-order chi connectivity index (χ1) is 8.66. The molecule has 0 aliphatic heterocycles. The second kappa shape index (κ2) is 4.20. The molecule has 1 aliphatic rings. The summed E-state index contributed by atoms with van der Waals surface area (Å²) in [4.78, 5) is 16.4. The van der Waals surface area contributed by atoms with E-state index in [9.17, 15) is 9.90 Å². The number of aryl methyl sites for hydroxylation is 1. The normalized spacial score (nSPS) is 17.9. The van der Waals surface area contributed by atoms with E-state index < -0.39 is 6.10 Å². The number of rotatable bonds is 3. The van der Waals surface area contributed by atoms with Crippen molar-refractivity contribution in [3.8, 4) is 0 Å². The maximum absolute atomic E-state index is 12.2. The molecule has 0 saturated heterocycles. The lowest BCUT2D eigenvalue weighted by Gasteiger charge is -2.30. The number of fused-ring (bicyclic) bond motifs is 1. The Kier molecular flexibility index (Phi) is 2.66. The number of nitrogens with zero attached hydrogens (tertiary/aromatic N) is 4. The van der Waals surface area contributed by atoms with Crippen LogP contribution in [0.5, 0.6) is 0 Å². The van der Waals surface area contributed by atoms with E-state index in [2.05, 4.69) is 10.1 Å². The van der Waals surface area contributed by atoms with Crippen molar-refractivity contribution in [3.63, 3.8) is 0 Å². The van der Waals surface area contributed by atoms with Gasteiger partial charge in [-0.3, -0.25) is 14.0 Å². The summed E-state index contributed by atoms with van der Waals surface area (Å²) in [6, 6.07) is 0. The summed E-state index contributed by atoms with van der Waals surface area (Å²) in [5, 5.41) is 14.5. The van der Waals surface area contributed by atoms with Crippen LogP contribution in [0.2, 0.25) is 0 Å². The Labute approximate surface area is 104 Å². The minimum atomic E-state index is -0.452. The van der Waals surface area contributed by atoms with Crippen molar-refractivity contribution in [2.75, 3.05) is 0 Å². The van der Waals surface area contributed by atoms with Gasteiger partial charge in [-0.2, -0.15) is 5.10 Å². The molecular formula is C12H16N4O2. The molecule has 0 aromatic carbocycles. The van der Waals surface area contributed by atoms with Crippen LogP contribution in [0.1, 0.15) is 19.3 Å². The van der Waals surface area contributed by atoms with E-state index in [0.717, 1.165) is 12.8 Å². The van der Waals surface area contributed by atoms with E-state index in [1.807, 2.05) is 0 Å². The summed E-state index contributed by atoms with van der Waals surface area (Å²) >= 11 is 0. The van der Waals surface area contributed by atoms with Crippen molar-refractivity contribution in [2.45, 2.75) is 31.9 Å². The van der Waals surface area contributed by atoms with Gasteiger partial charge in [-0.1, -0.05) is 6.42 Å². The van der Waals surface area contributed by atoms with Gasteiger partial charge in [0.1, 0.15) is 11.7 Å². The lowest BCUT2D eigenvalue weighted by atomic mass is 9.81. The smallest absolute Gasteiger partial charge is 0.264 e. The van der Waals surface area contributed by atoms with E-state index in [1.54, 1.807) is 11.7 Å². The summed E-state index contributed by atoms with van der Waals surface area (Å²) in [7, 11) is 1.75. The van der Waals surface area contributed by atoms with Crippen LogP contribution in [0, 0.1) is 5.92 Å². The molecule has 2 aromatic rings. The molecule has 2 aromatic heterocycles. The Morgan fingerprint density at radius 2 is 2.33 bits per heavy atom. The van der Waals surface area contributed by atoms with Crippen molar-refractivity contribution in [1.82, 2.24) is 19.3 Å². The molecular weight excluding hydrogens is 232 g/mol. The molecule has 0 radical (unpaired) electrons. The molecule has 1 aliphatic carbocycles. The highest BCUT2D eigenvalue weighted by molar-refractivity contribution is 5.72. The highest BCUT2D eigenvalue weighted by Crippen LogP contribution is 2.29. The van der Waals surface area contributed by atoms with Gasteiger partial charge < -0.3 is 5.11 Å². The van der Waals surface area contributed by atoms with Gasteiger partial charge in [-0.05, 0) is 18.8 Å². The van der Waals surface area contributed by atoms with E-state index in [4.69, 9.17) is 0 Å². The van der Waals surface area contributed by atoms with Gasteiger partial charge in [0, 0.05) is 7.05 Å². The van der Waals surface area contributed by atoms with Crippen LogP contribution in [0.4, 0.5) is 0 Å². The molecule has 1 atom stereocenters. The largest absolute Gasteiger partial charge is 0.391 e. The molecule has 1 saturated carbocycles. The maximum atomic E-state index is 12.2. The molecule has 3 rings (SSSR count). The van der Waals surface area contributed by atoms with Crippen molar-refractivity contribution in [2.24, 2.45) is 13.0 Å². The average molecular weight is 248 g/mol. The lowest BCUT2D eigenvalue weighted by molar-refractivity contribution is 0.0479. The zero-order chi connectivity index (χ0) is 12.7. The number of hydrogen-bond acceptors (Lipinski definition) is 4. The topological polar surface area (TPSA) is 72.9 Å². The van der Waals surface area contributed by atoms with Crippen LogP contribution in [-0.4, -0.2) is 30.5 Å². The molecule has 1 fully saturated rings. The second-order valence-corrected chi connectivity index (χ2v) is 4.97. The number of hydrogen-bond donors (Lipinski definition) is 1. The minimum Gasteiger partial charge on any atom is -0.391 e. The standard InChI is InChI=1S/C12H16N4O2/c1-15-11-9(5-14-15)12(18)16(7-13-11)6-10(17)8-3-2-4-8/h5,7-8,10,17H,2-4,6H2,1H3. The Balaban J connectivity index is 1.92. The zero-order valence-corrected chi connectivity index (χ0v) is 10.3. The summed E-state index contributed by atoms with van der Waals surface area (Å²) < 4.78 is 3.05. The van der Waals surface area contributed by atoms with Gasteiger partial charge in [0.2, 0.25) is 0 Å². The van der Waals surface area contributed by atoms with Gasteiger partial charge in [0.15, 0.2) is 5.65 Å². The quantitative estimate of drug-likeness (QED) is 0.847. The lowest BCUT2D eigenvalue weighted by Crippen LogP contribution is -2.34. The molecule has 18 heavy (non-hydrogen) atoms. The highest BCUT2D eigenvalue weighted by atomic mass is 16.3. The van der Waals surface area contributed by atoms with Crippen LogP contribution in [0.15, 0.2) is 17.3 Å². The zero-order valence-electron chi connectivity index (χ0n) is 10.3. The van der Waals surface area contributed by atoms with Gasteiger partial charge >= 0.3 is 0 Å². The van der Waals surface area contributed by atoms with E-state index >= 15 is 0 Å². The van der Waals surface area contributed by atoms with Gasteiger partial charge in [0.05, 0.1) is 18.8 Å². The monoisotopic (exact) mass is 248 g/mol. The third kappa shape index (κ3) is 1.73. The third-order valence-electron chi connectivity index (χ3n) is 3.80. The Bertz CT molecular complexity index is 627. The molecule has 2 heterocycles. The van der Waals surface area contributed by atoms with Gasteiger partial charge in [-0.15, -0.1) is 0 Å². The third-order valence-corrected chi connectivity index (χ3v) is 3.80.